The van der Waals surface area contributed by atoms with Gasteiger partial charge in [0.15, 0.2) is 0 Å². The molecule has 0 heteroatoms. The first-order valence-electron chi connectivity index (χ1n) is 5.21. The molecule has 0 nitrogen and oxygen atoms in total. The highest BCUT2D eigenvalue weighted by Gasteiger charge is 2.34. The van der Waals surface area contributed by atoms with E-state index >= 15 is 0 Å². The van der Waals surface area contributed by atoms with Gasteiger partial charge in [0.2, 0.25) is 0 Å². The van der Waals surface area contributed by atoms with Gasteiger partial charge in [0.25, 0.3) is 0 Å². The molecule has 1 aliphatic carbocycles. The minimum atomic E-state index is 0.532. The lowest BCUT2D eigenvalue weighted by Gasteiger charge is -2.41. The van der Waals surface area contributed by atoms with Crippen LogP contribution >= 0.6 is 0 Å². The molecule has 0 heterocycles. The molecule has 0 aliphatic heterocycles. The molecule has 0 bridgehead atoms. The topological polar surface area (TPSA) is 0 Å². The van der Waals surface area contributed by atoms with Gasteiger partial charge in [-0.05, 0) is 30.6 Å². The van der Waals surface area contributed by atoms with Crippen LogP contribution in [-0.4, -0.2) is 0 Å². The lowest BCUT2D eigenvalue weighted by atomic mass is 9.64. The van der Waals surface area contributed by atoms with Crippen LogP contribution in [0.15, 0.2) is 12.2 Å². The zero-order valence-electron chi connectivity index (χ0n) is 8.93. The molecule has 1 saturated carbocycles. The number of rotatable bonds is 1. The molecule has 0 aromatic heterocycles. The van der Waals surface area contributed by atoms with Gasteiger partial charge in [0.1, 0.15) is 0 Å². The van der Waals surface area contributed by atoms with E-state index in [1.54, 1.807) is 0 Å². The van der Waals surface area contributed by atoms with Crippen LogP contribution < -0.4 is 0 Å². The highest BCUT2D eigenvalue weighted by molar-refractivity contribution is 4.98. The second-order valence-electron chi connectivity index (χ2n) is 4.91. The van der Waals surface area contributed by atoms with E-state index in [0.717, 1.165) is 11.8 Å². The standard InChI is InChI=1S/C12H22/c1-5-7-11-10(2)8-6-9-12(11,3)4/h5,7,10-11H,6,8-9H2,1-4H3/b7-5+/t10?,11-/m0/s1. The van der Waals surface area contributed by atoms with Crippen molar-refractivity contribution in [3.05, 3.63) is 12.2 Å². The van der Waals surface area contributed by atoms with Gasteiger partial charge < -0.3 is 0 Å². The van der Waals surface area contributed by atoms with Gasteiger partial charge in [-0.2, -0.15) is 0 Å². The second-order valence-corrected chi connectivity index (χ2v) is 4.91. The predicted molar refractivity (Wildman–Crippen MR) is 55.1 cm³/mol. The Morgan fingerprint density at radius 1 is 1.33 bits per heavy atom. The summed E-state index contributed by atoms with van der Waals surface area (Å²) in [4.78, 5) is 0. The van der Waals surface area contributed by atoms with Crippen LogP contribution in [0.3, 0.4) is 0 Å². The third-order valence-corrected chi connectivity index (χ3v) is 3.40. The number of allylic oxidation sites excluding steroid dienone is 2. The lowest BCUT2D eigenvalue weighted by Crippen LogP contribution is -2.32. The van der Waals surface area contributed by atoms with Crippen LogP contribution in [0.25, 0.3) is 0 Å². The average molecular weight is 166 g/mol. The maximum Gasteiger partial charge on any atom is -0.0157 e. The van der Waals surface area contributed by atoms with Gasteiger partial charge in [-0.3, -0.25) is 0 Å². The van der Waals surface area contributed by atoms with E-state index in [-0.39, 0.29) is 0 Å². The zero-order chi connectivity index (χ0) is 9.19. The van der Waals surface area contributed by atoms with Gasteiger partial charge in [-0.1, -0.05) is 45.8 Å². The summed E-state index contributed by atoms with van der Waals surface area (Å²) in [5.41, 5.74) is 0.532. The molecule has 0 N–H and O–H groups in total. The van der Waals surface area contributed by atoms with Gasteiger partial charge >= 0.3 is 0 Å². The van der Waals surface area contributed by atoms with Crippen molar-refractivity contribution in [3.8, 4) is 0 Å². The molecule has 0 aromatic carbocycles. The number of hydrogen-bond donors (Lipinski definition) is 0. The third-order valence-electron chi connectivity index (χ3n) is 3.40. The van der Waals surface area contributed by atoms with Crippen LogP contribution in [-0.2, 0) is 0 Å². The highest BCUT2D eigenvalue weighted by atomic mass is 14.4. The monoisotopic (exact) mass is 166 g/mol. The molecule has 0 amide bonds. The second kappa shape index (κ2) is 3.64. The maximum atomic E-state index is 2.41. The molecule has 1 unspecified atom stereocenters. The van der Waals surface area contributed by atoms with Crippen molar-refractivity contribution >= 4 is 0 Å². The summed E-state index contributed by atoms with van der Waals surface area (Å²) >= 11 is 0. The smallest absolute Gasteiger partial charge is 0.0157 e. The SMILES string of the molecule is C/C=C/[C@H]1C(C)CCCC1(C)C. The Labute approximate surface area is 77.1 Å². The van der Waals surface area contributed by atoms with Crippen LogP contribution in [0, 0.1) is 17.3 Å². The van der Waals surface area contributed by atoms with Gasteiger partial charge in [0.05, 0.1) is 0 Å². The maximum absolute atomic E-state index is 2.41. The Morgan fingerprint density at radius 3 is 2.50 bits per heavy atom. The molecular formula is C12H22. The molecule has 2 atom stereocenters. The van der Waals surface area contributed by atoms with E-state index in [1.807, 2.05) is 0 Å². The average Bonchev–Trinajstić information content (AvgIpc) is 1.97. The Bertz CT molecular complexity index is 165. The minimum Gasteiger partial charge on any atom is -0.0914 e. The van der Waals surface area contributed by atoms with E-state index in [9.17, 15) is 0 Å². The molecule has 0 radical (unpaired) electrons. The molecule has 1 aliphatic rings. The number of hydrogen-bond acceptors (Lipinski definition) is 0. The quantitative estimate of drug-likeness (QED) is 0.516. The Kier molecular flexibility index (Phi) is 2.98. The Hall–Kier alpha value is -0.260. The molecule has 0 aromatic rings. The fraction of sp³-hybridized carbons (Fsp3) is 0.833. The summed E-state index contributed by atoms with van der Waals surface area (Å²) in [6.07, 6.45) is 8.85. The van der Waals surface area contributed by atoms with Crippen molar-refractivity contribution in [2.45, 2.75) is 47.0 Å². The van der Waals surface area contributed by atoms with Crippen molar-refractivity contribution in [2.75, 3.05) is 0 Å². The largest absolute Gasteiger partial charge is 0.0914 e. The van der Waals surface area contributed by atoms with E-state index in [2.05, 4.69) is 39.8 Å². The third kappa shape index (κ3) is 1.91. The van der Waals surface area contributed by atoms with Crippen LogP contribution in [0.1, 0.15) is 47.0 Å². The van der Waals surface area contributed by atoms with Crippen LogP contribution in [0.2, 0.25) is 0 Å². The lowest BCUT2D eigenvalue weighted by molar-refractivity contribution is 0.122. The summed E-state index contributed by atoms with van der Waals surface area (Å²) in [5, 5.41) is 0. The van der Waals surface area contributed by atoms with Crippen LogP contribution in [0.5, 0.6) is 0 Å². The van der Waals surface area contributed by atoms with Crippen LogP contribution in [0.4, 0.5) is 0 Å². The van der Waals surface area contributed by atoms with Crippen molar-refractivity contribution in [2.24, 2.45) is 17.3 Å². The van der Waals surface area contributed by atoms with Crippen molar-refractivity contribution < 1.29 is 0 Å². The molecule has 1 rings (SSSR count). The van der Waals surface area contributed by atoms with Crippen molar-refractivity contribution in [1.82, 2.24) is 0 Å². The molecular weight excluding hydrogens is 144 g/mol. The van der Waals surface area contributed by atoms with Gasteiger partial charge in [0, 0.05) is 0 Å². The zero-order valence-corrected chi connectivity index (χ0v) is 8.93. The minimum absolute atomic E-state index is 0.532. The van der Waals surface area contributed by atoms with E-state index in [1.165, 1.54) is 19.3 Å². The van der Waals surface area contributed by atoms with Gasteiger partial charge in [-0.15, -0.1) is 0 Å². The first kappa shape index (κ1) is 9.83. The summed E-state index contributed by atoms with van der Waals surface area (Å²) in [7, 11) is 0. The predicted octanol–water partition coefficient (Wildman–Crippen LogP) is 4.02. The Balaban J connectivity index is 2.73. The van der Waals surface area contributed by atoms with Crippen molar-refractivity contribution in [3.63, 3.8) is 0 Å². The van der Waals surface area contributed by atoms with E-state index in [0.29, 0.717) is 5.41 Å². The molecule has 0 spiro atoms. The first-order valence-corrected chi connectivity index (χ1v) is 5.21. The fourth-order valence-corrected chi connectivity index (χ4v) is 2.65. The molecule has 0 saturated heterocycles. The molecule has 12 heavy (non-hydrogen) atoms. The first-order chi connectivity index (χ1) is 5.58. The highest BCUT2D eigenvalue weighted by Crippen LogP contribution is 2.44. The Morgan fingerprint density at radius 2 is 2.00 bits per heavy atom. The summed E-state index contributed by atoms with van der Waals surface area (Å²) < 4.78 is 0. The molecule has 1 fully saturated rings. The fourth-order valence-electron chi connectivity index (χ4n) is 2.65. The summed E-state index contributed by atoms with van der Waals surface area (Å²) in [5.74, 6) is 1.68. The molecule has 70 valence electrons. The summed E-state index contributed by atoms with van der Waals surface area (Å²) in [6.45, 7) is 9.35. The summed E-state index contributed by atoms with van der Waals surface area (Å²) in [6, 6.07) is 0. The van der Waals surface area contributed by atoms with Gasteiger partial charge in [-0.25, -0.2) is 0 Å². The van der Waals surface area contributed by atoms with E-state index < -0.39 is 0 Å². The van der Waals surface area contributed by atoms with E-state index in [4.69, 9.17) is 0 Å². The van der Waals surface area contributed by atoms with Crippen molar-refractivity contribution in [1.29, 1.82) is 0 Å². The normalized spacial score (nSPS) is 35.7.